The van der Waals surface area contributed by atoms with Gasteiger partial charge in [0.05, 0.1) is 6.61 Å². The molecule has 0 atom stereocenters. The van der Waals surface area contributed by atoms with Gasteiger partial charge in [0.1, 0.15) is 0 Å². The lowest BCUT2D eigenvalue weighted by Gasteiger charge is -2.25. The molecule has 0 radical (unpaired) electrons. The number of carbonyl (C=O) groups is 2. The first-order chi connectivity index (χ1) is 11.3. The summed E-state index contributed by atoms with van der Waals surface area (Å²) in [5, 5.41) is 12.6. The molecule has 138 valence electrons. The molecule has 0 bridgehead atoms. The maximum atomic E-state index is 11.4. The Hall–Kier alpha value is -1.24. The van der Waals surface area contributed by atoms with Crippen LogP contribution in [0, 0.1) is 0 Å². The predicted molar refractivity (Wildman–Crippen MR) is 95.6 cm³/mol. The first kappa shape index (κ1) is 20.8. The fraction of sp³-hybridized carbons (Fsp3) is 0.778. The lowest BCUT2D eigenvalue weighted by atomic mass is 10.1. The Kier molecular flexibility index (Phi) is 9.18. The van der Waals surface area contributed by atoms with Crippen LogP contribution in [0.1, 0.15) is 46.5 Å². The fourth-order valence-electron chi connectivity index (χ4n) is 2.68. The Morgan fingerprint density at radius 1 is 1.00 bits per heavy atom. The Bertz CT molecular complexity index is 412. The molecule has 2 N–H and O–H groups in total. The highest BCUT2D eigenvalue weighted by molar-refractivity contribution is 6.12. The number of aliphatic hydroxyl groups excluding tert-OH is 1. The van der Waals surface area contributed by atoms with E-state index in [1.807, 2.05) is 0 Å². The number of nitrogens with one attached hydrogen (secondary N) is 1. The molecule has 0 aromatic carbocycles. The molecule has 0 aromatic heterocycles. The Morgan fingerprint density at radius 3 is 2.21 bits per heavy atom. The average Bonchev–Trinajstić information content (AvgIpc) is 2.80. The molecular weight excluding hydrogens is 306 g/mol. The minimum atomic E-state index is -0.194. The van der Waals surface area contributed by atoms with Gasteiger partial charge in [-0.15, -0.1) is 0 Å². The molecule has 0 saturated carbocycles. The van der Waals surface area contributed by atoms with Crippen molar-refractivity contribution in [2.24, 2.45) is 0 Å². The van der Waals surface area contributed by atoms with E-state index in [9.17, 15) is 14.7 Å². The number of unbranched alkanes of at least 4 members (excludes halogenated alkanes) is 3. The van der Waals surface area contributed by atoms with E-state index in [1.165, 1.54) is 17.1 Å². The summed E-state index contributed by atoms with van der Waals surface area (Å²) in [6, 6.07) is 0. The second-order valence-corrected chi connectivity index (χ2v) is 7.32. The van der Waals surface area contributed by atoms with Gasteiger partial charge >= 0.3 is 0 Å². The van der Waals surface area contributed by atoms with E-state index in [2.05, 4.69) is 31.0 Å². The SMILES string of the molecule is CC(C)(C)NCCN(CCO)CCCCCCN1C(=O)C=CC1=O. The van der Waals surface area contributed by atoms with Crippen LogP contribution in [0.5, 0.6) is 0 Å². The molecule has 1 aliphatic heterocycles. The van der Waals surface area contributed by atoms with Crippen molar-refractivity contribution in [1.29, 1.82) is 0 Å². The topological polar surface area (TPSA) is 72.9 Å². The minimum absolute atomic E-state index is 0.115. The summed E-state index contributed by atoms with van der Waals surface area (Å²) in [6.45, 7) is 10.7. The Balaban J connectivity index is 2.10. The van der Waals surface area contributed by atoms with Crippen molar-refractivity contribution in [2.75, 3.05) is 39.3 Å². The van der Waals surface area contributed by atoms with E-state index >= 15 is 0 Å². The quantitative estimate of drug-likeness (QED) is 0.412. The van der Waals surface area contributed by atoms with Gasteiger partial charge in [0.15, 0.2) is 0 Å². The fourth-order valence-corrected chi connectivity index (χ4v) is 2.68. The van der Waals surface area contributed by atoms with Gasteiger partial charge in [0, 0.05) is 43.9 Å². The van der Waals surface area contributed by atoms with E-state index < -0.39 is 0 Å². The number of rotatable bonds is 12. The number of carbonyl (C=O) groups excluding carboxylic acids is 2. The predicted octanol–water partition coefficient (Wildman–Crippen LogP) is 1.15. The zero-order valence-electron chi connectivity index (χ0n) is 15.4. The van der Waals surface area contributed by atoms with Crippen molar-refractivity contribution < 1.29 is 14.7 Å². The lowest BCUT2D eigenvalue weighted by molar-refractivity contribution is -0.136. The van der Waals surface area contributed by atoms with Crippen LogP contribution in [-0.4, -0.2) is 71.6 Å². The van der Waals surface area contributed by atoms with E-state index in [1.54, 1.807) is 0 Å². The van der Waals surface area contributed by atoms with Crippen molar-refractivity contribution in [3.8, 4) is 0 Å². The second-order valence-electron chi connectivity index (χ2n) is 7.32. The van der Waals surface area contributed by atoms with Gasteiger partial charge in [-0.3, -0.25) is 19.4 Å². The number of aliphatic hydroxyl groups is 1. The molecule has 2 amide bonds. The molecular formula is C18H33N3O3. The lowest BCUT2D eigenvalue weighted by Crippen LogP contribution is -2.42. The highest BCUT2D eigenvalue weighted by Gasteiger charge is 2.22. The maximum Gasteiger partial charge on any atom is 0.253 e. The second kappa shape index (κ2) is 10.6. The average molecular weight is 339 g/mol. The third kappa shape index (κ3) is 8.57. The first-order valence-electron chi connectivity index (χ1n) is 8.95. The molecule has 0 saturated heterocycles. The number of hydrogen-bond acceptors (Lipinski definition) is 5. The molecule has 0 fully saturated rings. The largest absolute Gasteiger partial charge is 0.395 e. The van der Waals surface area contributed by atoms with Gasteiger partial charge in [-0.05, 0) is 40.2 Å². The highest BCUT2D eigenvalue weighted by Crippen LogP contribution is 2.08. The number of amides is 2. The molecule has 1 rings (SSSR count). The van der Waals surface area contributed by atoms with Crippen LogP contribution in [0.4, 0.5) is 0 Å². The molecule has 6 heteroatoms. The number of imide groups is 1. The third-order valence-corrected chi connectivity index (χ3v) is 4.01. The summed E-state index contributed by atoms with van der Waals surface area (Å²) in [6.07, 6.45) is 6.66. The Morgan fingerprint density at radius 2 is 1.62 bits per heavy atom. The van der Waals surface area contributed by atoms with Crippen molar-refractivity contribution in [3.63, 3.8) is 0 Å². The van der Waals surface area contributed by atoms with Gasteiger partial charge in [-0.25, -0.2) is 0 Å². The Labute approximate surface area is 145 Å². The van der Waals surface area contributed by atoms with Crippen LogP contribution in [0.25, 0.3) is 0 Å². The van der Waals surface area contributed by atoms with E-state index in [0.717, 1.165) is 45.3 Å². The van der Waals surface area contributed by atoms with Crippen LogP contribution in [0.2, 0.25) is 0 Å². The highest BCUT2D eigenvalue weighted by atomic mass is 16.3. The summed E-state index contributed by atoms with van der Waals surface area (Å²) in [4.78, 5) is 26.4. The van der Waals surface area contributed by atoms with Crippen LogP contribution < -0.4 is 5.32 Å². The zero-order valence-corrected chi connectivity index (χ0v) is 15.4. The van der Waals surface area contributed by atoms with Gasteiger partial charge in [0.25, 0.3) is 11.8 Å². The van der Waals surface area contributed by atoms with Crippen LogP contribution >= 0.6 is 0 Å². The molecule has 0 unspecified atom stereocenters. The molecule has 0 aliphatic carbocycles. The number of nitrogens with zero attached hydrogens (tertiary/aromatic N) is 2. The first-order valence-corrected chi connectivity index (χ1v) is 8.95. The van der Waals surface area contributed by atoms with Crippen LogP contribution in [0.3, 0.4) is 0 Å². The summed E-state index contributed by atoms with van der Waals surface area (Å²) in [5.74, 6) is -0.388. The van der Waals surface area contributed by atoms with Crippen molar-refractivity contribution >= 4 is 11.8 Å². The molecule has 24 heavy (non-hydrogen) atoms. The molecule has 1 aliphatic rings. The molecule has 1 heterocycles. The van der Waals surface area contributed by atoms with Gasteiger partial charge < -0.3 is 10.4 Å². The summed E-state index contributed by atoms with van der Waals surface area (Å²) < 4.78 is 0. The number of hydrogen-bond donors (Lipinski definition) is 2. The monoisotopic (exact) mass is 339 g/mol. The van der Waals surface area contributed by atoms with Crippen LogP contribution in [-0.2, 0) is 9.59 Å². The van der Waals surface area contributed by atoms with E-state index in [-0.39, 0.29) is 24.0 Å². The maximum absolute atomic E-state index is 11.4. The van der Waals surface area contributed by atoms with Crippen molar-refractivity contribution in [2.45, 2.75) is 52.0 Å². The molecule has 0 spiro atoms. The van der Waals surface area contributed by atoms with E-state index in [0.29, 0.717) is 13.1 Å². The van der Waals surface area contributed by atoms with Crippen molar-refractivity contribution in [3.05, 3.63) is 12.2 Å². The summed E-state index contributed by atoms with van der Waals surface area (Å²) >= 11 is 0. The zero-order chi connectivity index (χ0) is 18.0. The summed E-state index contributed by atoms with van der Waals surface area (Å²) in [5.41, 5.74) is 0.115. The van der Waals surface area contributed by atoms with Gasteiger partial charge in [-0.1, -0.05) is 12.8 Å². The third-order valence-electron chi connectivity index (χ3n) is 4.01. The smallest absolute Gasteiger partial charge is 0.253 e. The van der Waals surface area contributed by atoms with Crippen LogP contribution in [0.15, 0.2) is 12.2 Å². The van der Waals surface area contributed by atoms with Crippen molar-refractivity contribution in [1.82, 2.24) is 15.1 Å². The van der Waals surface area contributed by atoms with Gasteiger partial charge in [-0.2, -0.15) is 0 Å². The molecule has 0 aromatic rings. The normalized spacial score (nSPS) is 15.1. The molecule has 6 nitrogen and oxygen atoms in total. The summed E-state index contributed by atoms with van der Waals surface area (Å²) in [7, 11) is 0. The standard InChI is InChI=1S/C18H33N3O3/c1-18(2,3)19-10-13-20(14-15-22)11-6-4-5-7-12-21-16(23)8-9-17(21)24/h8-9,19,22H,4-7,10-15H2,1-3H3. The minimum Gasteiger partial charge on any atom is -0.395 e. The van der Waals surface area contributed by atoms with E-state index in [4.69, 9.17) is 0 Å². The van der Waals surface area contributed by atoms with Gasteiger partial charge in [0.2, 0.25) is 0 Å².